The first kappa shape index (κ1) is 20.2. The van der Waals surface area contributed by atoms with Crippen LogP contribution in [0.4, 0.5) is 52.7 Å². The molecule has 0 N–H and O–H groups in total. The van der Waals surface area contributed by atoms with E-state index in [9.17, 15) is 52.7 Å². The number of halogens is 12. The van der Waals surface area contributed by atoms with Crippen molar-refractivity contribution >= 4 is 0 Å². The van der Waals surface area contributed by atoms with Gasteiger partial charge in [-0.05, 0) is 12.2 Å². The monoisotopic (exact) mass is 376 g/mol. The van der Waals surface area contributed by atoms with Gasteiger partial charge in [0.15, 0.2) is 0 Å². The van der Waals surface area contributed by atoms with Crippen LogP contribution in [0.2, 0.25) is 0 Å². The normalized spacial score (nSPS) is 26.8. The van der Waals surface area contributed by atoms with Crippen LogP contribution in [0.5, 0.6) is 0 Å². The van der Waals surface area contributed by atoms with E-state index in [2.05, 4.69) is 0 Å². The van der Waals surface area contributed by atoms with Crippen molar-refractivity contribution in [2.45, 2.75) is 24.7 Å². The Balaban J connectivity index is 4.04. The smallest absolute Gasteiger partial charge is 0.166 e. The summed E-state index contributed by atoms with van der Waals surface area (Å²) in [4.78, 5) is 0. The number of hydrogen-bond acceptors (Lipinski definition) is 0. The van der Waals surface area contributed by atoms with E-state index in [-0.39, 0.29) is 24.3 Å². The highest BCUT2D eigenvalue weighted by atomic mass is 19.4. The molecule has 24 heavy (non-hydrogen) atoms. The van der Waals surface area contributed by atoms with Crippen LogP contribution in [-0.4, -0.2) is 24.7 Å². The highest BCUT2D eigenvalue weighted by molar-refractivity contribution is 5.55. The van der Waals surface area contributed by atoms with Crippen LogP contribution in [0.15, 0.2) is 46.6 Å². The Bertz CT molecular complexity index is 558. The predicted octanol–water partition coefficient (Wildman–Crippen LogP) is 5.95. The van der Waals surface area contributed by atoms with Crippen LogP contribution in [0.3, 0.4) is 0 Å². The summed E-state index contributed by atoms with van der Waals surface area (Å²) in [5.74, 6) is 0. The molecule has 1 rings (SSSR count). The highest BCUT2D eigenvalue weighted by Gasteiger charge is 2.56. The molecular formula is C12H4F12. The van der Waals surface area contributed by atoms with Gasteiger partial charge >= 0.3 is 24.7 Å². The van der Waals surface area contributed by atoms with E-state index < -0.39 is 47.0 Å². The maximum atomic E-state index is 12.9. The SMILES string of the molecule is FC(F)(F)C1=C(C(F)(F)F)/C(C(F)(F)F)=C\C=C/C=C\1C(F)(F)F. The third-order valence-electron chi connectivity index (χ3n) is 2.60. The summed E-state index contributed by atoms with van der Waals surface area (Å²) in [5, 5.41) is 0. The second kappa shape index (κ2) is 5.88. The van der Waals surface area contributed by atoms with E-state index in [0.29, 0.717) is 0 Å². The average Bonchev–Trinajstić information content (AvgIpc) is 2.20. The first-order valence-electron chi connectivity index (χ1n) is 5.60. The lowest BCUT2D eigenvalue weighted by Gasteiger charge is -2.26. The van der Waals surface area contributed by atoms with E-state index in [1.54, 1.807) is 0 Å². The molecule has 12 heteroatoms. The third kappa shape index (κ3) is 4.35. The molecular weight excluding hydrogens is 372 g/mol. The summed E-state index contributed by atoms with van der Waals surface area (Å²) in [5.41, 5.74) is -12.7. The maximum absolute atomic E-state index is 12.9. The standard InChI is InChI=1S/C12H4F12/c13-9(14,15)5-3-1-2-4-6(10(16,17)18)8(12(22,23)24)7(5)11(19,20)21/h1-4H/b2-1-,3-1?,4-2?,5-3+,6-4+,7-5?,8-6?,8-7-. The molecule has 0 atom stereocenters. The summed E-state index contributed by atoms with van der Waals surface area (Å²) < 4.78 is 153. The Hall–Kier alpha value is -1.88. The molecule has 0 heterocycles. The quantitative estimate of drug-likeness (QED) is 0.458. The van der Waals surface area contributed by atoms with Gasteiger partial charge in [0.2, 0.25) is 0 Å². The van der Waals surface area contributed by atoms with E-state index in [4.69, 9.17) is 0 Å². The Morgan fingerprint density at radius 3 is 0.833 bits per heavy atom. The van der Waals surface area contributed by atoms with E-state index in [0.717, 1.165) is 0 Å². The minimum atomic E-state index is -6.35. The predicted molar refractivity (Wildman–Crippen MR) is 56.6 cm³/mol. The van der Waals surface area contributed by atoms with E-state index in [1.807, 2.05) is 0 Å². The zero-order valence-electron chi connectivity index (χ0n) is 10.8. The van der Waals surface area contributed by atoms with Crippen molar-refractivity contribution in [1.82, 2.24) is 0 Å². The molecule has 136 valence electrons. The van der Waals surface area contributed by atoms with Gasteiger partial charge in [-0.15, -0.1) is 0 Å². The first-order chi connectivity index (χ1) is 10.5. The summed E-state index contributed by atoms with van der Waals surface area (Å²) in [6, 6.07) is 0. The van der Waals surface area contributed by atoms with Crippen molar-refractivity contribution in [2.24, 2.45) is 0 Å². The molecule has 0 nitrogen and oxygen atoms in total. The minimum Gasteiger partial charge on any atom is -0.166 e. The fourth-order valence-corrected chi connectivity index (χ4v) is 1.80. The molecule has 0 aromatic heterocycles. The largest absolute Gasteiger partial charge is 0.417 e. The van der Waals surface area contributed by atoms with Gasteiger partial charge < -0.3 is 0 Å². The molecule has 0 aromatic carbocycles. The lowest BCUT2D eigenvalue weighted by Crippen LogP contribution is -2.32. The second-order valence-electron chi connectivity index (χ2n) is 4.29. The molecule has 0 unspecified atom stereocenters. The molecule has 0 bridgehead atoms. The zero-order chi connectivity index (χ0) is 19.1. The van der Waals surface area contributed by atoms with Gasteiger partial charge in [-0.1, -0.05) is 12.2 Å². The van der Waals surface area contributed by atoms with Gasteiger partial charge in [-0.25, -0.2) is 0 Å². The fraction of sp³-hybridized carbons (Fsp3) is 0.333. The van der Waals surface area contributed by atoms with Crippen LogP contribution < -0.4 is 0 Å². The molecule has 0 saturated heterocycles. The third-order valence-corrected chi connectivity index (χ3v) is 2.60. The van der Waals surface area contributed by atoms with Crippen molar-refractivity contribution in [1.29, 1.82) is 0 Å². The van der Waals surface area contributed by atoms with Gasteiger partial charge in [0.05, 0.1) is 22.3 Å². The second-order valence-corrected chi connectivity index (χ2v) is 4.29. The van der Waals surface area contributed by atoms with Gasteiger partial charge in [-0.3, -0.25) is 0 Å². The molecule has 0 fully saturated rings. The van der Waals surface area contributed by atoms with Crippen LogP contribution in [0.25, 0.3) is 0 Å². The maximum Gasteiger partial charge on any atom is 0.417 e. The zero-order valence-corrected chi connectivity index (χ0v) is 10.8. The van der Waals surface area contributed by atoms with Crippen molar-refractivity contribution in [3.05, 3.63) is 46.6 Å². The van der Waals surface area contributed by atoms with Gasteiger partial charge in [0.1, 0.15) is 0 Å². The summed E-state index contributed by atoms with van der Waals surface area (Å²) in [6.07, 6.45) is -25.1. The number of rotatable bonds is 0. The van der Waals surface area contributed by atoms with E-state index in [1.165, 1.54) is 0 Å². The fourth-order valence-electron chi connectivity index (χ4n) is 1.80. The molecule has 0 aromatic rings. The summed E-state index contributed by atoms with van der Waals surface area (Å²) in [7, 11) is 0. The number of alkyl halides is 12. The number of allylic oxidation sites excluding steroid dienone is 8. The van der Waals surface area contributed by atoms with Crippen molar-refractivity contribution in [3.63, 3.8) is 0 Å². The molecule has 0 radical (unpaired) electrons. The molecule has 1 aliphatic rings. The summed E-state index contributed by atoms with van der Waals surface area (Å²) in [6.45, 7) is 0. The summed E-state index contributed by atoms with van der Waals surface area (Å²) >= 11 is 0. The van der Waals surface area contributed by atoms with Gasteiger partial charge in [0, 0.05) is 0 Å². The van der Waals surface area contributed by atoms with Crippen LogP contribution >= 0.6 is 0 Å². The molecule has 0 aliphatic heterocycles. The van der Waals surface area contributed by atoms with Crippen LogP contribution in [-0.2, 0) is 0 Å². The Morgan fingerprint density at radius 1 is 0.417 bits per heavy atom. The molecule has 0 amide bonds. The Kier molecular flexibility index (Phi) is 4.94. The van der Waals surface area contributed by atoms with Crippen LogP contribution in [0.1, 0.15) is 0 Å². The lowest BCUT2D eigenvalue weighted by molar-refractivity contribution is -0.136. The van der Waals surface area contributed by atoms with Gasteiger partial charge in [0.25, 0.3) is 0 Å². The topological polar surface area (TPSA) is 0 Å². The Morgan fingerprint density at radius 2 is 0.667 bits per heavy atom. The molecule has 1 aliphatic carbocycles. The first-order valence-corrected chi connectivity index (χ1v) is 5.60. The molecule has 0 saturated carbocycles. The highest BCUT2D eigenvalue weighted by Crippen LogP contribution is 2.50. The minimum absolute atomic E-state index is 0.132. The number of hydrogen-bond donors (Lipinski definition) is 0. The molecule has 0 spiro atoms. The van der Waals surface area contributed by atoms with Crippen LogP contribution in [0, 0.1) is 0 Å². The Labute approximate surface area is 125 Å². The lowest BCUT2D eigenvalue weighted by atomic mass is 9.90. The van der Waals surface area contributed by atoms with Gasteiger partial charge in [-0.2, -0.15) is 52.7 Å². The average molecular weight is 376 g/mol. The van der Waals surface area contributed by atoms with E-state index >= 15 is 0 Å². The van der Waals surface area contributed by atoms with Crippen molar-refractivity contribution < 1.29 is 52.7 Å². The van der Waals surface area contributed by atoms with Crippen molar-refractivity contribution in [2.75, 3.05) is 0 Å². The van der Waals surface area contributed by atoms with Crippen molar-refractivity contribution in [3.8, 4) is 0 Å².